The van der Waals surface area contributed by atoms with E-state index in [-0.39, 0.29) is 6.10 Å². The zero-order chi connectivity index (χ0) is 8.27. The molecule has 1 atom stereocenters. The van der Waals surface area contributed by atoms with Gasteiger partial charge in [0.1, 0.15) is 5.76 Å². The number of hydrogen-bond donors (Lipinski definition) is 1. The van der Waals surface area contributed by atoms with Crippen molar-refractivity contribution in [2.75, 3.05) is 0 Å². The van der Waals surface area contributed by atoms with E-state index in [4.69, 9.17) is 4.42 Å². The lowest BCUT2D eigenvalue weighted by molar-refractivity contribution is 0.164. The molecule has 2 heteroatoms. The van der Waals surface area contributed by atoms with Crippen LogP contribution in [-0.4, -0.2) is 5.11 Å². The van der Waals surface area contributed by atoms with E-state index in [1.54, 1.807) is 6.26 Å². The molecule has 0 aliphatic rings. The molecule has 0 radical (unpaired) electrons. The first-order chi connectivity index (χ1) is 5.25. The summed E-state index contributed by atoms with van der Waals surface area (Å²) in [6, 6.07) is 1.83. The van der Waals surface area contributed by atoms with Gasteiger partial charge in [-0.2, -0.15) is 0 Å². The van der Waals surface area contributed by atoms with Crippen molar-refractivity contribution in [3.63, 3.8) is 0 Å². The molecule has 0 bridgehead atoms. The van der Waals surface area contributed by atoms with E-state index < -0.39 is 0 Å². The van der Waals surface area contributed by atoms with Crippen molar-refractivity contribution in [1.29, 1.82) is 0 Å². The van der Waals surface area contributed by atoms with Crippen molar-refractivity contribution in [1.82, 2.24) is 0 Å². The molecule has 1 N–H and O–H groups in total. The average Bonchev–Trinajstić information content (AvgIpc) is 2.36. The molecule has 0 aromatic carbocycles. The fourth-order valence-corrected chi connectivity index (χ4v) is 1.17. The van der Waals surface area contributed by atoms with E-state index in [0.717, 1.165) is 24.2 Å². The Morgan fingerprint density at radius 3 is 2.82 bits per heavy atom. The second kappa shape index (κ2) is 3.58. The molecule has 1 heterocycles. The van der Waals surface area contributed by atoms with Gasteiger partial charge in [-0.25, -0.2) is 0 Å². The van der Waals surface area contributed by atoms with Gasteiger partial charge in [0.2, 0.25) is 0 Å². The van der Waals surface area contributed by atoms with Crippen LogP contribution < -0.4 is 0 Å². The molecule has 0 aliphatic heterocycles. The van der Waals surface area contributed by atoms with Gasteiger partial charge in [-0.1, -0.05) is 13.3 Å². The molecule has 62 valence electrons. The van der Waals surface area contributed by atoms with Gasteiger partial charge in [-0.3, -0.25) is 0 Å². The molecule has 0 aliphatic carbocycles. The molecule has 11 heavy (non-hydrogen) atoms. The molecule has 0 saturated heterocycles. The molecule has 1 aromatic rings. The quantitative estimate of drug-likeness (QED) is 0.725. The molecular weight excluding hydrogens is 140 g/mol. The fourth-order valence-electron chi connectivity index (χ4n) is 1.17. The summed E-state index contributed by atoms with van der Waals surface area (Å²) in [7, 11) is 0. The van der Waals surface area contributed by atoms with Crippen LogP contribution in [0.15, 0.2) is 16.7 Å². The molecule has 0 fully saturated rings. The highest BCUT2D eigenvalue weighted by atomic mass is 16.3. The molecule has 1 unspecified atom stereocenters. The molecule has 0 saturated carbocycles. The number of aliphatic hydroxyl groups excluding tert-OH is 1. The Morgan fingerprint density at radius 2 is 2.36 bits per heavy atom. The largest absolute Gasteiger partial charge is 0.469 e. The van der Waals surface area contributed by atoms with Gasteiger partial charge in [-0.05, 0) is 19.4 Å². The first kappa shape index (κ1) is 8.34. The minimum Gasteiger partial charge on any atom is -0.469 e. The van der Waals surface area contributed by atoms with Crippen molar-refractivity contribution < 1.29 is 9.52 Å². The summed E-state index contributed by atoms with van der Waals surface area (Å²) < 4.78 is 5.07. The normalized spacial score (nSPS) is 13.4. The highest BCUT2D eigenvalue weighted by Gasteiger charge is 2.10. The van der Waals surface area contributed by atoms with E-state index in [9.17, 15) is 5.11 Å². The smallest absolute Gasteiger partial charge is 0.106 e. The lowest BCUT2D eigenvalue weighted by Gasteiger charge is -2.06. The van der Waals surface area contributed by atoms with Crippen molar-refractivity contribution in [3.05, 3.63) is 23.7 Å². The topological polar surface area (TPSA) is 33.4 Å². The summed E-state index contributed by atoms with van der Waals surface area (Å²) in [6.45, 7) is 3.92. The zero-order valence-electron chi connectivity index (χ0n) is 7.00. The van der Waals surface area contributed by atoms with Crippen LogP contribution in [-0.2, 0) is 0 Å². The zero-order valence-corrected chi connectivity index (χ0v) is 7.00. The van der Waals surface area contributed by atoms with E-state index in [2.05, 4.69) is 6.92 Å². The molecule has 1 rings (SSSR count). The van der Waals surface area contributed by atoms with E-state index in [1.807, 2.05) is 13.0 Å². The standard InChI is InChI=1S/C9H14O2/c1-3-4-9(10)8-5-6-11-7(8)2/h5-6,9-10H,3-4H2,1-2H3. The predicted molar refractivity (Wildman–Crippen MR) is 43.3 cm³/mol. The summed E-state index contributed by atoms with van der Waals surface area (Å²) in [5.74, 6) is 0.825. The third-order valence-electron chi connectivity index (χ3n) is 1.82. The summed E-state index contributed by atoms with van der Waals surface area (Å²) >= 11 is 0. The molecule has 1 aromatic heterocycles. The van der Waals surface area contributed by atoms with E-state index >= 15 is 0 Å². The summed E-state index contributed by atoms with van der Waals surface area (Å²) in [4.78, 5) is 0. The maximum Gasteiger partial charge on any atom is 0.106 e. The third kappa shape index (κ3) is 1.84. The van der Waals surface area contributed by atoms with Gasteiger partial charge in [0.05, 0.1) is 12.4 Å². The fraction of sp³-hybridized carbons (Fsp3) is 0.556. The number of furan rings is 1. The molecular formula is C9H14O2. The van der Waals surface area contributed by atoms with Crippen LogP contribution in [0.2, 0.25) is 0 Å². The maximum absolute atomic E-state index is 9.53. The lowest BCUT2D eigenvalue weighted by Crippen LogP contribution is -1.95. The van der Waals surface area contributed by atoms with Gasteiger partial charge in [0.15, 0.2) is 0 Å². The molecule has 0 amide bonds. The van der Waals surface area contributed by atoms with Gasteiger partial charge < -0.3 is 9.52 Å². The lowest BCUT2D eigenvalue weighted by atomic mass is 10.1. The van der Waals surface area contributed by atoms with Crippen LogP contribution in [0.25, 0.3) is 0 Å². The first-order valence-electron chi connectivity index (χ1n) is 3.97. The summed E-state index contributed by atoms with van der Waals surface area (Å²) in [5.41, 5.74) is 0.923. The van der Waals surface area contributed by atoms with Gasteiger partial charge in [0.25, 0.3) is 0 Å². The van der Waals surface area contributed by atoms with Gasteiger partial charge in [0, 0.05) is 5.56 Å². The SMILES string of the molecule is CCCC(O)c1ccoc1C. The van der Waals surface area contributed by atoms with Crippen molar-refractivity contribution in [2.45, 2.75) is 32.8 Å². The maximum atomic E-state index is 9.53. The number of rotatable bonds is 3. The van der Waals surface area contributed by atoms with Crippen molar-refractivity contribution in [2.24, 2.45) is 0 Å². The van der Waals surface area contributed by atoms with E-state index in [0.29, 0.717) is 0 Å². The minimum atomic E-state index is -0.348. The van der Waals surface area contributed by atoms with Crippen molar-refractivity contribution in [3.8, 4) is 0 Å². The summed E-state index contributed by atoms with van der Waals surface area (Å²) in [6.07, 6.45) is 3.06. The third-order valence-corrected chi connectivity index (χ3v) is 1.82. The first-order valence-corrected chi connectivity index (χ1v) is 3.97. The Balaban J connectivity index is 2.67. The highest BCUT2D eigenvalue weighted by Crippen LogP contribution is 2.21. The second-order valence-corrected chi connectivity index (χ2v) is 2.74. The van der Waals surface area contributed by atoms with Crippen LogP contribution in [0.3, 0.4) is 0 Å². The van der Waals surface area contributed by atoms with Crippen LogP contribution in [0.1, 0.15) is 37.2 Å². The Bertz CT molecular complexity index is 215. The molecule has 2 nitrogen and oxygen atoms in total. The summed E-state index contributed by atoms with van der Waals surface area (Å²) in [5, 5.41) is 9.53. The Labute approximate surface area is 66.8 Å². The number of aryl methyl sites for hydroxylation is 1. The minimum absolute atomic E-state index is 0.348. The monoisotopic (exact) mass is 154 g/mol. The molecule has 0 spiro atoms. The van der Waals surface area contributed by atoms with Crippen molar-refractivity contribution >= 4 is 0 Å². The van der Waals surface area contributed by atoms with Crippen LogP contribution in [0, 0.1) is 6.92 Å². The van der Waals surface area contributed by atoms with E-state index in [1.165, 1.54) is 0 Å². The number of aliphatic hydroxyl groups is 1. The second-order valence-electron chi connectivity index (χ2n) is 2.74. The van der Waals surface area contributed by atoms with Gasteiger partial charge >= 0.3 is 0 Å². The van der Waals surface area contributed by atoms with Crippen LogP contribution in [0.5, 0.6) is 0 Å². The Hall–Kier alpha value is -0.760. The number of hydrogen-bond acceptors (Lipinski definition) is 2. The van der Waals surface area contributed by atoms with Crippen LogP contribution in [0.4, 0.5) is 0 Å². The van der Waals surface area contributed by atoms with Crippen LogP contribution >= 0.6 is 0 Å². The Kier molecular flexibility index (Phi) is 2.71. The predicted octanol–water partition coefficient (Wildman–Crippen LogP) is 2.42. The Morgan fingerprint density at radius 1 is 1.64 bits per heavy atom. The van der Waals surface area contributed by atoms with Gasteiger partial charge in [-0.15, -0.1) is 0 Å². The average molecular weight is 154 g/mol. The highest BCUT2D eigenvalue weighted by molar-refractivity contribution is 5.18.